The fourth-order valence-electron chi connectivity index (χ4n) is 2.38. The number of thioether (sulfide) groups is 1. The summed E-state index contributed by atoms with van der Waals surface area (Å²) in [5.41, 5.74) is 1.84. The van der Waals surface area contributed by atoms with Gasteiger partial charge in [0.05, 0.1) is 0 Å². The highest BCUT2D eigenvalue weighted by Gasteiger charge is 2.28. The molecule has 1 aromatic carbocycles. The number of carbonyl (C=O) groups excluding carboxylic acids is 1. The van der Waals surface area contributed by atoms with Crippen LogP contribution in [0.4, 0.5) is 0 Å². The number of nitrogens with one attached hydrogen (secondary N) is 1. The Labute approximate surface area is 126 Å². The lowest BCUT2D eigenvalue weighted by molar-refractivity contribution is 0.0782. The Bertz CT molecular complexity index is 477. The maximum absolute atomic E-state index is 12.5. The molecular formula is C16H24N2OS. The first-order valence-corrected chi connectivity index (χ1v) is 8.06. The zero-order valence-electron chi connectivity index (χ0n) is 12.8. The summed E-state index contributed by atoms with van der Waals surface area (Å²) in [5, 5.41) is 3.55. The van der Waals surface area contributed by atoms with Crippen LogP contribution in [0.2, 0.25) is 0 Å². The zero-order valence-corrected chi connectivity index (χ0v) is 13.6. The van der Waals surface area contributed by atoms with Gasteiger partial charge in [-0.3, -0.25) is 4.79 Å². The lowest BCUT2D eigenvalue weighted by atomic mass is 10.1. The molecule has 1 atom stereocenters. The van der Waals surface area contributed by atoms with Crippen molar-refractivity contribution < 1.29 is 4.79 Å². The van der Waals surface area contributed by atoms with Crippen molar-refractivity contribution in [1.82, 2.24) is 10.2 Å². The second kappa shape index (κ2) is 6.19. The molecule has 0 aromatic heterocycles. The third-order valence-electron chi connectivity index (χ3n) is 3.71. The monoisotopic (exact) mass is 292 g/mol. The minimum absolute atomic E-state index is 0.111. The number of hydrogen-bond donors (Lipinski definition) is 1. The van der Waals surface area contributed by atoms with Crippen molar-refractivity contribution in [3.8, 4) is 0 Å². The quantitative estimate of drug-likeness (QED) is 0.929. The van der Waals surface area contributed by atoms with Crippen LogP contribution in [0.5, 0.6) is 0 Å². The van der Waals surface area contributed by atoms with E-state index in [-0.39, 0.29) is 5.91 Å². The molecule has 0 bridgehead atoms. The van der Waals surface area contributed by atoms with Gasteiger partial charge in [0.25, 0.3) is 5.91 Å². The molecule has 1 fully saturated rings. The average molecular weight is 292 g/mol. The van der Waals surface area contributed by atoms with Gasteiger partial charge in [0.15, 0.2) is 0 Å². The maximum atomic E-state index is 12.5. The summed E-state index contributed by atoms with van der Waals surface area (Å²) >= 11 is 1.98. The van der Waals surface area contributed by atoms with Gasteiger partial charge in [0.2, 0.25) is 0 Å². The normalized spacial score (nSPS) is 21.5. The molecule has 1 unspecified atom stereocenters. The van der Waals surface area contributed by atoms with E-state index in [0.29, 0.717) is 10.8 Å². The molecule has 0 saturated carbocycles. The van der Waals surface area contributed by atoms with Crippen molar-refractivity contribution in [1.29, 1.82) is 0 Å². The second-order valence-corrected chi connectivity index (χ2v) is 7.88. The zero-order chi connectivity index (χ0) is 14.8. The van der Waals surface area contributed by atoms with E-state index in [2.05, 4.69) is 19.2 Å². The first-order chi connectivity index (χ1) is 9.39. The van der Waals surface area contributed by atoms with Gasteiger partial charge in [0.1, 0.15) is 0 Å². The lowest BCUT2D eigenvalue weighted by Gasteiger charge is -2.36. The molecule has 0 radical (unpaired) electrons. The number of likely N-dealkylation sites (N-methyl/N-ethyl adjacent to an activating group) is 1. The van der Waals surface area contributed by atoms with Gasteiger partial charge in [-0.2, -0.15) is 11.8 Å². The SMILES string of the molecule is Cc1ccccc1C(=O)N(C)CC1CSC(C)(C)CN1. The summed E-state index contributed by atoms with van der Waals surface area (Å²) in [6.45, 7) is 8.25. The van der Waals surface area contributed by atoms with Crippen molar-refractivity contribution in [2.75, 3.05) is 25.9 Å². The van der Waals surface area contributed by atoms with E-state index in [1.807, 2.05) is 54.9 Å². The third-order valence-corrected chi connectivity index (χ3v) is 5.20. The number of hydrogen-bond acceptors (Lipinski definition) is 3. The molecule has 1 amide bonds. The van der Waals surface area contributed by atoms with Gasteiger partial charge in [-0.1, -0.05) is 18.2 Å². The lowest BCUT2D eigenvalue weighted by Crippen LogP contribution is -2.51. The third kappa shape index (κ3) is 3.76. The summed E-state index contributed by atoms with van der Waals surface area (Å²) in [6, 6.07) is 8.16. The Hall–Kier alpha value is -1.00. The Morgan fingerprint density at radius 1 is 1.45 bits per heavy atom. The minimum atomic E-state index is 0.111. The topological polar surface area (TPSA) is 32.3 Å². The van der Waals surface area contributed by atoms with Gasteiger partial charge in [-0.05, 0) is 32.4 Å². The molecule has 1 heterocycles. The standard InChI is InChI=1S/C16H24N2OS/c1-12-7-5-6-8-14(12)15(19)18(4)9-13-10-20-16(2,3)11-17-13/h5-8,13,17H,9-11H2,1-4H3. The number of benzene rings is 1. The predicted octanol–water partition coefficient (Wildman–Crippen LogP) is 2.55. The predicted molar refractivity (Wildman–Crippen MR) is 86.5 cm³/mol. The molecule has 1 aromatic rings. The van der Waals surface area contributed by atoms with Gasteiger partial charge in [-0.15, -0.1) is 0 Å². The van der Waals surface area contributed by atoms with E-state index in [4.69, 9.17) is 0 Å². The van der Waals surface area contributed by atoms with Crippen LogP contribution >= 0.6 is 11.8 Å². The molecular weight excluding hydrogens is 268 g/mol. The van der Waals surface area contributed by atoms with Crippen molar-refractivity contribution >= 4 is 17.7 Å². The van der Waals surface area contributed by atoms with Crippen LogP contribution in [0.1, 0.15) is 29.8 Å². The van der Waals surface area contributed by atoms with E-state index in [1.54, 1.807) is 0 Å². The van der Waals surface area contributed by atoms with Crippen molar-refractivity contribution in [2.45, 2.75) is 31.6 Å². The first-order valence-electron chi connectivity index (χ1n) is 7.07. The van der Waals surface area contributed by atoms with E-state index in [9.17, 15) is 4.79 Å². The van der Waals surface area contributed by atoms with Crippen LogP contribution < -0.4 is 5.32 Å². The van der Waals surface area contributed by atoms with E-state index >= 15 is 0 Å². The maximum Gasteiger partial charge on any atom is 0.253 e. The Balaban J connectivity index is 1.94. The van der Waals surface area contributed by atoms with Crippen molar-refractivity contribution in [3.05, 3.63) is 35.4 Å². The minimum Gasteiger partial charge on any atom is -0.340 e. The fraction of sp³-hybridized carbons (Fsp3) is 0.562. The van der Waals surface area contributed by atoms with Gasteiger partial charge < -0.3 is 10.2 Å². The van der Waals surface area contributed by atoms with Crippen LogP contribution in [-0.2, 0) is 0 Å². The largest absolute Gasteiger partial charge is 0.340 e. The number of nitrogens with zero attached hydrogens (tertiary/aromatic N) is 1. The summed E-state index contributed by atoms with van der Waals surface area (Å²) in [6.07, 6.45) is 0. The molecule has 20 heavy (non-hydrogen) atoms. The number of aryl methyl sites for hydroxylation is 1. The molecule has 2 rings (SSSR count). The fourth-order valence-corrected chi connectivity index (χ4v) is 3.44. The smallest absolute Gasteiger partial charge is 0.253 e. The van der Waals surface area contributed by atoms with Crippen LogP contribution in [0.15, 0.2) is 24.3 Å². The molecule has 1 N–H and O–H groups in total. The summed E-state index contributed by atoms with van der Waals surface area (Å²) in [7, 11) is 1.89. The molecule has 3 nitrogen and oxygen atoms in total. The van der Waals surface area contributed by atoms with Gasteiger partial charge in [0, 0.05) is 42.2 Å². The highest BCUT2D eigenvalue weighted by Crippen LogP contribution is 2.28. The Kier molecular flexibility index (Phi) is 4.76. The molecule has 110 valence electrons. The summed E-state index contributed by atoms with van der Waals surface area (Å²) < 4.78 is 0.301. The molecule has 1 aliphatic heterocycles. The number of rotatable bonds is 3. The highest BCUT2D eigenvalue weighted by molar-refractivity contribution is 8.00. The molecule has 4 heteroatoms. The molecule has 0 spiro atoms. The van der Waals surface area contributed by atoms with E-state index in [0.717, 1.165) is 30.0 Å². The van der Waals surface area contributed by atoms with Crippen LogP contribution in [0, 0.1) is 6.92 Å². The van der Waals surface area contributed by atoms with E-state index < -0.39 is 0 Å². The highest BCUT2D eigenvalue weighted by atomic mass is 32.2. The molecule has 1 aliphatic rings. The Morgan fingerprint density at radius 3 is 2.75 bits per heavy atom. The van der Waals surface area contributed by atoms with Crippen LogP contribution in [-0.4, -0.2) is 47.5 Å². The van der Waals surface area contributed by atoms with Gasteiger partial charge in [-0.25, -0.2) is 0 Å². The first kappa shape index (κ1) is 15.4. The second-order valence-electron chi connectivity index (χ2n) is 6.15. The van der Waals surface area contributed by atoms with Crippen LogP contribution in [0.25, 0.3) is 0 Å². The molecule has 1 saturated heterocycles. The van der Waals surface area contributed by atoms with Crippen LogP contribution in [0.3, 0.4) is 0 Å². The summed E-state index contributed by atoms with van der Waals surface area (Å²) in [5.74, 6) is 1.16. The van der Waals surface area contributed by atoms with Crippen molar-refractivity contribution in [2.24, 2.45) is 0 Å². The number of amides is 1. The summed E-state index contributed by atoms with van der Waals surface area (Å²) in [4.78, 5) is 14.3. The molecule has 0 aliphatic carbocycles. The van der Waals surface area contributed by atoms with Crippen molar-refractivity contribution in [3.63, 3.8) is 0 Å². The number of carbonyl (C=O) groups is 1. The average Bonchev–Trinajstić information content (AvgIpc) is 2.41. The van der Waals surface area contributed by atoms with Gasteiger partial charge >= 0.3 is 0 Å². The Morgan fingerprint density at radius 2 is 2.15 bits per heavy atom. The van der Waals surface area contributed by atoms with E-state index in [1.165, 1.54) is 0 Å².